The van der Waals surface area contributed by atoms with Crippen molar-refractivity contribution in [1.29, 1.82) is 0 Å². The molecule has 3 N–H and O–H groups in total. The maximum absolute atomic E-state index is 12.9. The highest BCUT2D eigenvalue weighted by Gasteiger charge is 2.16. The van der Waals surface area contributed by atoms with Crippen LogP contribution in [0.3, 0.4) is 0 Å². The van der Waals surface area contributed by atoms with E-state index in [-0.39, 0.29) is 11.9 Å². The Morgan fingerprint density at radius 3 is 2.69 bits per heavy atom. The fraction of sp³-hybridized carbons (Fsp3) is 0.500. The molecule has 0 aromatic heterocycles. The maximum atomic E-state index is 12.9. The van der Waals surface area contributed by atoms with Crippen LogP contribution in [0.5, 0.6) is 0 Å². The number of nitrogens with one attached hydrogen (secondary N) is 1. The van der Waals surface area contributed by atoms with Crippen LogP contribution in [0.25, 0.3) is 0 Å². The summed E-state index contributed by atoms with van der Waals surface area (Å²) in [6.45, 7) is 4.29. The monoisotopic (exact) mass is 288 g/mol. The van der Waals surface area contributed by atoms with Crippen LogP contribution in [0.1, 0.15) is 25.8 Å². The number of rotatable bonds is 5. The van der Waals surface area contributed by atoms with Crippen molar-refractivity contribution in [3.05, 3.63) is 34.1 Å². The first-order valence-corrected chi connectivity index (χ1v) is 6.27. The van der Waals surface area contributed by atoms with E-state index >= 15 is 0 Å². The molecule has 4 heteroatoms. The quantitative estimate of drug-likeness (QED) is 0.646. The summed E-state index contributed by atoms with van der Waals surface area (Å²) in [5.74, 6) is 5.80. The van der Waals surface area contributed by atoms with Crippen LogP contribution in [0.15, 0.2) is 22.7 Å². The molecule has 2 nitrogen and oxygen atoms in total. The fourth-order valence-corrected chi connectivity index (χ4v) is 2.15. The molecule has 90 valence electrons. The van der Waals surface area contributed by atoms with Gasteiger partial charge < -0.3 is 0 Å². The van der Waals surface area contributed by atoms with E-state index in [2.05, 4.69) is 35.2 Å². The zero-order valence-electron chi connectivity index (χ0n) is 9.63. The molecule has 0 aliphatic rings. The summed E-state index contributed by atoms with van der Waals surface area (Å²) in [4.78, 5) is 0. The van der Waals surface area contributed by atoms with E-state index in [1.54, 1.807) is 6.07 Å². The van der Waals surface area contributed by atoms with Crippen molar-refractivity contribution >= 4 is 15.9 Å². The highest BCUT2D eigenvalue weighted by Crippen LogP contribution is 2.21. The van der Waals surface area contributed by atoms with Crippen molar-refractivity contribution in [1.82, 2.24) is 5.43 Å². The zero-order valence-corrected chi connectivity index (χ0v) is 11.2. The Bertz CT molecular complexity index is 344. The Balaban J connectivity index is 2.78. The van der Waals surface area contributed by atoms with Crippen molar-refractivity contribution < 1.29 is 4.39 Å². The van der Waals surface area contributed by atoms with Gasteiger partial charge >= 0.3 is 0 Å². The molecule has 1 aromatic rings. The van der Waals surface area contributed by atoms with Gasteiger partial charge in [0.15, 0.2) is 0 Å². The Morgan fingerprint density at radius 2 is 2.19 bits per heavy atom. The first-order valence-electron chi connectivity index (χ1n) is 5.48. The van der Waals surface area contributed by atoms with Gasteiger partial charge in [-0.3, -0.25) is 11.3 Å². The average Bonchev–Trinajstić information content (AvgIpc) is 2.27. The number of halogens is 2. The topological polar surface area (TPSA) is 38.0 Å². The number of benzene rings is 1. The summed E-state index contributed by atoms with van der Waals surface area (Å²) in [5.41, 5.74) is 3.90. The van der Waals surface area contributed by atoms with Gasteiger partial charge in [-0.2, -0.15) is 0 Å². The molecular formula is C12H18BrFN2. The summed E-state index contributed by atoms with van der Waals surface area (Å²) in [5, 5.41) is 0. The zero-order chi connectivity index (χ0) is 12.1. The van der Waals surface area contributed by atoms with Crippen molar-refractivity contribution in [3.63, 3.8) is 0 Å². The molecule has 0 heterocycles. The Hall–Kier alpha value is -0.450. The third-order valence-corrected chi connectivity index (χ3v) is 3.74. The second-order valence-electron chi connectivity index (χ2n) is 4.10. The molecule has 2 unspecified atom stereocenters. The molecule has 1 rings (SSSR count). The summed E-state index contributed by atoms with van der Waals surface area (Å²) in [6.07, 6.45) is 1.86. The normalized spacial score (nSPS) is 14.8. The van der Waals surface area contributed by atoms with Gasteiger partial charge in [-0.05, 0) is 30.0 Å². The first kappa shape index (κ1) is 13.6. The summed E-state index contributed by atoms with van der Waals surface area (Å²) < 4.78 is 13.7. The lowest BCUT2D eigenvalue weighted by atomic mass is 9.93. The number of hydrogen-bond donors (Lipinski definition) is 2. The van der Waals surface area contributed by atoms with Gasteiger partial charge in [-0.15, -0.1) is 0 Å². The van der Waals surface area contributed by atoms with Crippen LogP contribution >= 0.6 is 15.9 Å². The minimum atomic E-state index is -0.226. The lowest BCUT2D eigenvalue weighted by Crippen LogP contribution is -2.41. The molecule has 0 bridgehead atoms. The van der Waals surface area contributed by atoms with Gasteiger partial charge in [0, 0.05) is 10.5 Å². The third kappa shape index (κ3) is 3.54. The molecule has 0 fully saturated rings. The predicted octanol–water partition coefficient (Wildman–Crippen LogP) is 3.01. The fourth-order valence-electron chi connectivity index (χ4n) is 1.63. The summed E-state index contributed by atoms with van der Waals surface area (Å²) >= 11 is 3.37. The van der Waals surface area contributed by atoms with Crippen LogP contribution in [0.2, 0.25) is 0 Å². The maximum Gasteiger partial charge on any atom is 0.124 e. The third-order valence-electron chi connectivity index (χ3n) is 3.00. The minimum absolute atomic E-state index is 0.215. The van der Waals surface area contributed by atoms with Gasteiger partial charge in [-0.25, -0.2) is 4.39 Å². The Labute approximate surface area is 105 Å². The molecule has 16 heavy (non-hydrogen) atoms. The number of hydrazine groups is 1. The van der Waals surface area contributed by atoms with Crippen molar-refractivity contribution in [3.8, 4) is 0 Å². The van der Waals surface area contributed by atoms with Crippen molar-refractivity contribution in [2.24, 2.45) is 11.8 Å². The summed E-state index contributed by atoms with van der Waals surface area (Å²) in [7, 11) is 0. The van der Waals surface area contributed by atoms with Crippen LogP contribution in [0, 0.1) is 11.7 Å². The standard InChI is InChI=1S/C12H18BrFN2/c1-3-8(2)12(16-15)6-9-4-5-10(14)7-11(9)13/h4-5,7-8,12,16H,3,6,15H2,1-2H3. The molecule has 0 saturated heterocycles. The molecule has 1 aromatic carbocycles. The molecule has 0 aliphatic carbocycles. The van der Waals surface area contributed by atoms with Gasteiger partial charge in [0.05, 0.1) is 0 Å². The highest BCUT2D eigenvalue weighted by molar-refractivity contribution is 9.10. The van der Waals surface area contributed by atoms with Crippen molar-refractivity contribution in [2.75, 3.05) is 0 Å². The smallest absolute Gasteiger partial charge is 0.124 e. The number of nitrogens with two attached hydrogens (primary N) is 1. The molecule has 0 radical (unpaired) electrons. The first-order chi connectivity index (χ1) is 7.58. The largest absolute Gasteiger partial charge is 0.271 e. The second kappa shape index (κ2) is 6.33. The summed E-state index contributed by atoms with van der Waals surface area (Å²) in [6, 6.07) is 4.97. The number of hydrogen-bond acceptors (Lipinski definition) is 2. The van der Waals surface area contributed by atoms with Gasteiger partial charge in [0.1, 0.15) is 5.82 Å². The van der Waals surface area contributed by atoms with Crippen LogP contribution in [0.4, 0.5) is 4.39 Å². The molecule has 0 spiro atoms. The van der Waals surface area contributed by atoms with E-state index in [1.807, 2.05) is 0 Å². The molecule has 2 atom stereocenters. The van der Waals surface area contributed by atoms with Crippen LogP contribution in [-0.4, -0.2) is 6.04 Å². The SMILES string of the molecule is CCC(C)C(Cc1ccc(F)cc1Br)NN. The molecule has 0 aliphatic heterocycles. The van der Waals surface area contributed by atoms with E-state index in [0.717, 1.165) is 22.9 Å². The van der Waals surface area contributed by atoms with Gasteiger partial charge in [-0.1, -0.05) is 42.3 Å². The molecule has 0 saturated carbocycles. The minimum Gasteiger partial charge on any atom is -0.271 e. The Morgan fingerprint density at radius 1 is 1.50 bits per heavy atom. The van der Waals surface area contributed by atoms with Crippen LogP contribution < -0.4 is 11.3 Å². The van der Waals surface area contributed by atoms with Crippen molar-refractivity contribution in [2.45, 2.75) is 32.7 Å². The lowest BCUT2D eigenvalue weighted by Gasteiger charge is -2.22. The van der Waals surface area contributed by atoms with E-state index in [9.17, 15) is 4.39 Å². The van der Waals surface area contributed by atoms with E-state index in [1.165, 1.54) is 12.1 Å². The molecule has 0 amide bonds. The van der Waals surface area contributed by atoms with E-state index in [0.29, 0.717) is 5.92 Å². The van der Waals surface area contributed by atoms with E-state index in [4.69, 9.17) is 5.84 Å². The highest BCUT2D eigenvalue weighted by atomic mass is 79.9. The van der Waals surface area contributed by atoms with E-state index < -0.39 is 0 Å². The Kier molecular flexibility index (Phi) is 5.38. The van der Waals surface area contributed by atoms with Gasteiger partial charge in [0.25, 0.3) is 0 Å². The lowest BCUT2D eigenvalue weighted by molar-refractivity contribution is 0.369. The predicted molar refractivity (Wildman–Crippen MR) is 68.4 cm³/mol. The van der Waals surface area contributed by atoms with Crippen LogP contribution in [-0.2, 0) is 6.42 Å². The second-order valence-corrected chi connectivity index (χ2v) is 4.95. The molecular weight excluding hydrogens is 271 g/mol. The van der Waals surface area contributed by atoms with Gasteiger partial charge in [0.2, 0.25) is 0 Å². The average molecular weight is 289 g/mol.